The predicted octanol–water partition coefficient (Wildman–Crippen LogP) is 5.65. The summed E-state index contributed by atoms with van der Waals surface area (Å²) in [5, 5.41) is 0. The van der Waals surface area contributed by atoms with Gasteiger partial charge in [-0.15, -0.1) is 0 Å². The van der Waals surface area contributed by atoms with Gasteiger partial charge in [-0.3, -0.25) is 0 Å². The van der Waals surface area contributed by atoms with E-state index >= 15 is 0 Å². The summed E-state index contributed by atoms with van der Waals surface area (Å²) in [4.78, 5) is 0. The van der Waals surface area contributed by atoms with Gasteiger partial charge in [0.25, 0.3) is 0 Å². The lowest BCUT2D eigenvalue weighted by atomic mass is 10.2. The van der Waals surface area contributed by atoms with Crippen LogP contribution < -0.4 is 9.47 Å². The molecule has 114 valence electrons. The number of ether oxygens (including phenoxy) is 2. The Balaban J connectivity index is 2.13. The maximum Gasteiger partial charge on any atom is 0.119 e. The van der Waals surface area contributed by atoms with Gasteiger partial charge in [-0.1, -0.05) is 45.2 Å². The standard InChI is InChI=1S/C16H24I2O2/c17-11-3-1-5-13-19-15-7-9-16(10-8-15)20-14-6-2-4-12-18/h7-10H,1-6,11-14H2. The summed E-state index contributed by atoms with van der Waals surface area (Å²) in [7, 11) is 0. The van der Waals surface area contributed by atoms with Crippen molar-refractivity contribution in [1.82, 2.24) is 0 Å². The van der Waals surface area contributed by atoms with Crippen LogP contribution in [0.2, 0.25) is 0 Å². The first-order valence-electron chi connectivity index (χ1n) is 7.34. The minimum absolute atomic E-state index is 0.813. The molecule has 0 fully saturated rings. The molecular weight excluding hydrogens is 478 g/mol. The van der Waals surface area contributed by atoms with E-state index in [1.165, 1.54) is 34.5 Å². The van der Waals surface area contributed by atoms with Crippen molar-refractivity contribution in [3.63, 3.8) is 0 Å². The van der Waals surface area contributed by atoms with Crippen LogP contribution in [0.15, 0.2) is 24.3 Å². The molecule has 0 bridgehead atoms. The third-order valence-electron chi connectivity index (χ3n) is 2.92. The molecule has 0 atom stereocenters. The van der Waals surface area contributed by atoms with E-state index in [2.05, 4.69) is 45.2 Å². The van der Waals surface area contributed by atoms with Crippen molar-refractivity contribution < 1.29 is 9.47 Å². The Labute approximate surface area is 150 Å². The highest BCUT2D eigenvalue weighted by Gasteiger charge is 1.97. The molecule has 0 N–H and O–H groups in total. The molecule has 0 spiro atoms. The number of unbranched alkanes of at least 4 members (excludes halogenated alkanes) is 4. The van der Waals surface area contributed by atoms with Crippen LogP contribution in [-0.4, -0.2) is 22.1 Å². The normalized spacial score (nSPS) is 10.5. The largest absolute Gasteiger partial charge is 0.494 e. The Morgan fingerprint density at radius 3 is 1.35 bits per heavy atom. The summed E-state index contributed by atoms with van der Waals surface area (Å²) in [6.45, 7) is 1.63. The number of benzene rings is 1. The molecule has 4 heteroatoms. The van der Waals surface area contributed by atoms with Gasteiger partial charge in [0.05, 0.1) is 13.2 Å². The Bertz CT molecular complexity index is 295. The molecule has 0 aliphatic carbocycles. The van der Waals surface area contributed by atoms with E-state index in [4.69, 9.17) is 9.47 Å². The van der Waals surface area contributed by atoms with E-state index in [9.17, 15) is 0 Å². The van der Waals surface area contributed by atoms with E-state index in [-0.39, 0.29) is 0 Å². The molecule has 2 nitrogen and oxygen atoms in total. The third-order valence-corrected chi connectivity index (χ3v) is 4.44. The molecule has 0 heterocycles. The van der Waals surface area contributed by atoms with Crippen molar-refractivity contribution in [3.8, 4) is 11.5 Å². The second-order valence-electron chi connectivity index (χ2n) is 4.67. The number of rotatable bonds is 12. The molecule has 1 aromatic carbocycles. The fourth-order valence-corrected chi connectivity index (χ4v) is 2.84. The van der Waals surface area contributed by atoms with Crippen LogP contribution in [0.4, 0.5) is 0 Å². The molecule has 0 saturated heterocycles. The van der Waals surface area contributed by atoms with Crippen LogP contribution in [0.25, 0.3) is 0 Å². The fourth-order valence-electron chi connectivity index (χ4n) is 1.76. The summed E-state index contributed by atoms with van der Waals surface area (Å²) in [5.41, 5.74) is 0. The quantitative estimate of drug-likeness (QED) is 0.209. The molecule has 0 unspecified atom stereocenters. The summed E-state index contributed by atoms with van der Waals surface area (Å²) >= 11 is 4.83. The molecule has 0 aliphatic rings. The van der Waals surface area contributed by atoms with Gasteiger partial charge < -0.3 is 9.47 Å². The summed E-state index contributed by atoms with van der Waals surface area (Å²) in [5.74, 6) is 1.88. The molecular formula is C16H24I2O2. The fraction of sp³-hybridized carbons (Fsp3) is 0.625. The van der Waals surface area contributed by atoms with Crippen LogP contribution in [0, 0.1) is 0 Å². The maximum absolute atomic E-state index is 5.71. The minimum atomic E-state index is 0.813. The Morgan fingerprint density at radius 1 is 0.600 bits per heavy atom. The Hall–Kier alpha value is 0.280. The van der Waals surface area contributed by atoms with Gasteiger partial charge >= 0.3 is 0 Å². The lowest BCUT2D eigenvalue weighted by Crippen LogP contribution is -1.99. The molecule has 0 amide bonds. The lowest BCUT2D eigenvalue weighted by Gasteiger charge is -2.08. The van der Waals surface area contributed by atoms with Crippen LogP contribution >= 0.6 is 45.2 Å². The molecule has 1 rings (SSSR count). The lowest BCUT2D eigenvalue weighted by molar-refractivity contribution is 0.298. The summed E-state index contributed by atoms with van der Waals surface area (Å²) < 4.78 is 13.9. The zero-order valence-electron chi connectivity index (χ0n) is 12.0. The van der Waals surface area contributed by atoms with E-state index in [1.807, 2.05) is 24.3 Å². The van der Waals surface area contributed by atoms with Gasteiger partial charge in [-0.05, 0) is 71.6 Å². The molecule has 1 aromatic rings. The average molecular weight is 502 g/mol. The smallest absolute Gasteiger partial charge is 0.119 e. The summed E-state index contributed by atoms with van der Waals surface area (Å²) in [6.07, 6.45) is 7.35. The van der Waals surface area contributed by atoms with Gasteiger partial charge in [-0.25, -0.2) is 0 Å². The van der Waals surface area contributed by atoms with Crippen LogP contribution in [0.1, 0.15) is 38.5 Å². The second kappa shape index (κ2) is 13.0. The number of hydrogen-bond donors (Lipinski definition) is 0. The van der Waals surface area contributed by atoms with Crippen molar-refractivity contribution >= 4 is 45.2 Å². The van der Waals surface area contributed by atoms with E-state index < -0.39 is 0 Å². The van der Waals surface area contributed by atoms with Crippen molar-refractivity contribution in [2.45, 2.75) is 38.5 Å². The Morgan fingerprint density at radius 2 is 1.00 bits per heavy atom. The van der Waals surface area contributed by atoms with Crippen molar-refractivity contribution in [1.29, 1.82) is 0 Å². The highest BCUT2D eigenvalue weighted by molar-refractivity contribution is 14.1. The first kappa shape index (κ1) is 18.3. The molecule has 0 aliphatic heterocycles. The highest BCUT2D eigenvalue weighted by atomic mass is 127. The van der Waals surface area contributed by atoms with Crippen LogP contribution in [0.3, 0.4) is 0 Å². The number of hydrogen-bond acceptors (Lipinski definition) is 2. The predicted molar refractivity (Wildman–Crippen MR) is 103 cm³/mol. The summed E-state index contributed by atoms with van der Waals surface area (Å²) in [6, 6.07) is 7.99. The van der Waals surface area contributed by atoms with Gasteiger partial charge in [-0.2, -0.15) is 0 Å². The number of alkyl halides is 2. The minimum Gasteiger partial charge on any atom is -0.494 e. The molecule has 0 saturated carbocycles. The third kappa shape index (κ3) is 9.26. The average Bonchev–Trinajstić information content (AvgIpc) is 2.48. The first-order valence-corrected chi connectivity index (χ1v) is 10.4. The Kier molecular flexibility index (Phi) is 11.9. The van der Waals surface area contributed by atoms with Crippen molar-refractivity contribution in [2.24, 2.45) is 0 Å². The molecule has 20 heavy (non-hydrogen) atoms. The zero-order valence-corrected chi connectivity index (χ0v) is 16.3. The van der Waals surface area contributed by atoms with E-state index in [1.54, 1.807) is 0 Å². The number of halogens is 2. The molecule has 0 aromatic heterocycles. The van der Waals surface area contributed by atoms with Gasteiger partial charge in [0, 0.05) is 0 Å². The van der Waals surface area contributed by atoms with Crippen molar-refractivity contribution in [3.05, 3.63) is 24.3 Å². The topological polar surface area (TPSA) is 18.5 Å². The molecule has 0 radical (unpaired) electrons. The van der Waals surface area contributed by atoms with Gasteiger partial charge in [0.15, 0.2) is 0 Å². The second-order valence-corrected chi connectivity index (χ2v) is 6.83. The first-order chi connectivity index (χ1) is 9.86. The van der Waals surface area contributed by atoms with Gasteiger partial charge in [0.2, 0.25) is 0 Å². The SMILES string of the molecule is ICCCCCOc1ccc(OCCCCCI)cc1. The highest BCUT2D eigenvalue weighted by Crippen LogP contribution is 2.18. The van der Waals surface area contributed by atoms with Crippen molar-refractivity contribution in [2.75, 3.05) is 22.1 Å². The van der Waals surface area contributed by atoms with E-state index in [0.717, 1.165) is 37.6 Å². The van der Waals surface area contributed by atoms with Crippen LogP contribution in [-0.2, 0) is 0 Å². The van der Waals surface area contributed by atoms with Crippen LogP contribution in [0.5, 0.6) is 11.5 Å². The van der Waals surface area contributed by atoms with Gasteiger partial charge in [0.1, 0.15) is 11.5 Å². The monoisotopic (exact) mass is 502 g/mol. The zero-order chi connectivity index (χ0) is 14.5. The maximum atomic E-state index is 5.71. The van der Waals surface area contributed by atoms with E-state index in [0.29, 0.717) is 0 Å².